The van der Waals surface area contributed by atoms with Gasteiger partial charge in [0.2, 0.25) is 0 Å². The lowest BCUT2D eigenvalue weighted by atomic mass is 10.1. The van der Waals surface area contributed by atoms with Crippen LogP contribution in [0.25, 0.3) is 34.4 Å². The number of hydrogen-bond acceptors (Lipinski definition) is 2. The maximum absolute atomic E-state index is 12.0. The highest BCUT2D eigenvalue weighted by molar-refractivity contribution is 6.31. The molecule has 0 fully saturated rings. The molecular formula is C26H22ClNO2. The second kappa shape index (κ2) is 8.60. The number of benzene rings is 3. The normalized spacial score (nSPS) is 11.5. The number of carbonyl (C=O) groups is 1. The molecule has 0 aliphatic heterocycles. The zero-order chi connectivity index (χ0) is 21.1. The molecule has 0 saturated heterocycles. The largest absolute Gasteiger partial charge is 0.456 e. The molecule has 0 aliphatic rings. The lowest BCUT2D eigenvalue weighted by molar-refractivity contribution is 0.0943. The molecular weight excluding hydrogens is 394 g/mol. The molecule has 0 atom stereocenters. The third kappa shape index (κ3) is 4.64. The lowest BCUT2D eigenvalue weighted by Crippen LogP contribution is -2.29. The molecule has 3 nitrogen and oxygen atoms in total. The summed E-state index contributed by atoms with van der Waals surface area (Å²) in [5.41, 5.74) is 4.62. The van der Waals surface area contributed by atoms with E-state index in [1.807, 2.05) is 86.7 Å². The van der Waals surface area contributed by atoms with Gasteiger partial charge in [0, 0.05) is 27.6 Å². The third-order valence-electron chi connectivity index (χ3n) is 4.73. The molecule has 0 saturated carbocycles. The molecule has 0 bridgehead atoms. The van der Waals surface area contributed by atoms with Crippen molar-refractivity contribution < 1.29 is 9.21 Å². The first kappa shape index (κ1) is 20.0. The second-order valence-electron chi connectivity index (χ2n) is 7.50. The van der Waals surface area contributed by atoms with Gasteiger partial charge in [-0.25, -0.2) is 0 Å². The molecule has 0 aliphatic carbocycles. The van der Waals surface area contributed by atoms with Crippen LogP contribution < -0.4 is 5.32 Å². The van der Waals surface area contributed by atoms with Gasteiger partial charge in [-0.15, -0.1) is 0 Å². The highest BCUT2D eigenvalue weighted by atomic mass is 35.5. The first-order chi connectivity index (χ1) is 14.5. The average molecular weight is 416 g/mol. The highest BCUT2D eigenvalue weighted by Crippen LogP contribution is 2.29. The van der Waals surface area contributed by atoms with Crippen LogP contribution in [0, 0.1) is 0 Å². The Balaban J connectivity index is 1.46. The topological polar surface area (TPSA) is 42.2 Å². The first-order valence-electron chi connectivity index (χ1n) is 9.86. The summed E-state index contributed by atoms with van der Waals surface area (Å²) in [7, 11) is 0. The van der Waals surface area contributed by atoms with E-state index in [1.54, 1.807) is 0 Å². The Morgan fingerprint density at radius 3 is 2.17 bits per heavy atom. The molecule has 3 aromatic carbocycles. The van der Waals surface area contributed by atoms with E-state index in [2.05, 4.69) is 17.4 Å². The standard InChI is InChI=1S/C26H22ClNO2/c1-17(2)28-26(29)21-11-7-19(8-12-21)4-3-18-5-9-20(10-6-18)25-16-22-15-23(27)13-14-24(22)30-25/h3-17H,1-2H3,(H,28,29). The van der Waals surface area contributed by atoms with Crippen molar-refractivity contribution in [2.75, 3.05) is 0 Å². The minimum absolute atomic E-state index is 0.0519. The van der Waals surface area contributed by atoms with E-state index >= 15 is 0 Å². The van der Waals surface area contributed by atoms with Gasteiger partial charge in [-0.2, -0.15) is 0 Å². The molecule has 0 unspecified atom stereocenters. The summed E-state index contributed by atoms with van der Waals surface area (Å²) in [6, 6.07) is 23.5. The van der Waals surface area contributed by atoms with E-state index in [0.717, 1.165) is 33.4 Å². The maximum Gasteiger partial charge on any atom is 0.251 e. The lowest BCUT2D eigenvalue weighted by Gasteiger charge is -2.08. The van der Waals surface area contributed by atoms with Gasteiger partial charge in [0.05, 0.1) is 0 Å². The van der Waals surface area contributed by atoms with Crippen molar-refractivity contribution in [3.63, 3.8) is 0 Å². The molecule has 30 heavy (non-hydrogen) atoms. The summed E-state index contributed by atoms with van der Waals surface area (Å²) in [5, 5.41) is 4.59. The molecule has 1 heterocycles. The maximum atomic E-state index is 12.0. The van der Waals surface area contributed by atoms with Crippen molar-refractivity contribution in [1.82, 2.24) is 5.32 Å². The molecule has 0 spiro atoms. The quantitative estimate of drug-likeness (QED) is 0.354. The van der Waals surface area contributed by atoms with Crippen LogP contribution in [0.1, 0.15) is 35.3 Å². The van der Waals surface area contributed by atoms with Gasteiger partial charge in [-0.05, 0) is 61.4 Å². The van der Waals surface area contributed by atoms with Gasteiger partial charge in [0.15, 0.2) is 0 Å². The fourth-order valence-corrected chi connectivity index (χ4v) is 3.38. The van der Waals surface area contributed by atoms with Crippen molar-refractivity contribution in [2.24, 2.45) is 0 Å². The smallest absolute Gasteiger partial charge is 0.251 e. The molecule has 4 aromatic rings. The summed E-state index contributed by atoms with van der Waals surface area (Å²) in [5.74, 6) is 0.766. The number of halogens is 1. The van der Waals surface area contributed by atoms with Gasteiger partial charge in [0.1, 0.15) is 11.3 Å². The Kier molecular flexibility index (Phi) is 5.73. The van der Waals surface area contributed by atoms with Gasteiger partial charge in [-0.1, -0.05) is 60.2 Å². The number of hydrogen-bond donors (Lipinski definition) is 1. The van der Waals surface area contributed by atoms with Crippen molar-refractivity contribution in [2.45, 2.75) is 19.9 Å². The molecule has 150 valence electrons. The Bertz CT molecular complexity index is 1200. The van der Waals surface area contributed by atoms with E-state index in [-0.39, 0.29) is 11.9 Å². The summed E-state index contributed by atoms with van der Waals surface area (Å²) < 4.78 is 5.92. The average Bonchev–Trinajstić information content (AvgIpc) is 3.15. The summed E-state index contributed by atoms with van der Waals surface area (Å²) in [6.07, 6.45) is 4.08. The van der Waals surface area contributed by atoms with Gasteiger partial charge in [-0.3, -0.25) is 4.79 Å². The molecule has 4 heteroatoms. The number of nitrogens with one attached hydrogen (secondary N) is 1. The van der Waals surface area contributed by atoms with E-state index in [4.69, 9.17) is 16.0 Å². The van der Waals surface area contributed by atoms with Crippen LogP contribution >= 0.6 is 11.6 Å². The fraction of sp³-hybridized carbons (Fsp3) is 0.115. The Morgan fingerprint density at radius 2 is 1.53 bits per heavy atom. The number of amides is 1. The summed E-state index contributed by atoms with van der Waals surface area (Å²) >= 11 is 6.05. The highest BCUT2D eigenvalue weighted by Gasteiger charge is 2.07. The number of fused-ring (bicyclic) bond motifs is 1. The number of rotatable bonds is 5. The van der Waals surface area contributed by atoms with Crippen molar-refractivity contribution in [3.8, 4) is 11.3 Å². The minimum Gasteiger partial charge on any atom is -0.456 e. The Morgan fingerprint density at radius 1 is 0.900 bits per heavy atom. The monoisotopic (exact) mass is 415 g/mol. The van der Waals surface area contributed by atoms with Crippen LogP contribution in [-0.4, -0.2) is 11.9 Å². The predicted molar refractivity (Wildman–Crippen MR) is 125 cm³/mol. The number of carbonyl (C=O) groups excluding carboxylic acids is 1. The zero-order valence-corrected chi connectivity index (χ0v) is 17.6. The summed E-state index contributed by atoms with van der Waals surface area (Å²) in [4.78, 5) is 12.0. The van der Waals surface area contributed by atoms with Crippen LogP contribution in [0.15, 0.2) is 77.2 Å². The SMILES string of the molecule is CC(C)NC(=O)c1ccc(C=Cc2ccc(-c3cc4cc(Cl)ccc4o3)cc2)cc1. The van der Waals surface area contributed by atoms with E-state index in [0.29, 0.717) is 10.6 Å². The van der Waals surface area contributed by atoms with E-state index < -0.39 is 0 Å². The third-order valence-corrected chi connectivity index (χ3v) is 4.97. The van der Waals surface area contributed by atoms with E-state index in [1.165, 1.54) is 0 Å². The Hall–Kier alpha value is -3.30. The molecule has 1 aromatic heterocycles. The van der Waals surface area contributed by atoms with Crippen LogP contribution in [-0.2, 0) is 0 Å². The molecule has 1 amide bonds. The van der Waals surface area contributed by atoms with Crippen molar-refractivity contribution in [1.29, 1.82) is 0 Å². The second-order valence-corrected chi connectivity index (χ2v) is 7.93. The minimum atomic E-state index is -0.0519. The summed E-state index contributed by atoms with van der Waals surface area (Å²) in [6.45, 7) is 3.90. The van der Waals surface area contributed by atoms with E-state index in [9.17, 15) is 4.79 Å². The van der Waals surface area contributed by atoms with Crippen LogP contribution in [0.3, 0.4) is 0 Å². The van der Waals surface area contributed by atoms with Gasteiger partial charge >= 0.3 is 0 Å². The van der Waals surface area contributed by atoms with Crippen LogP contribution in [0.2, 0.25) is 5.02 Å². The zero-order valence-electron chi connectivity index (χ0n) is 16.9. The molecule has 1 N–H and O–H groups in total. The van der Waals surface area contributed by atoms with Gasteiger partial charge < -0.3 is 9.73 Å². The van der Waals surface area contributed by atoms with Crippen LogP contribution in [0.5, 0.6) is 0 Å². The van der Waals surface area contributed by atoms with Crippen molar-refractivity contribution >= 4 is 40.6 Å². The first-order valence-corrected chi connectivity index (χ1v) is 10.2. The van der Waals surface area contributed by atoms with Crippen molar-refractivity contribution in [3.05, 3.63) is 94.5 Å². The van der Waals surface area contributed by atoms with Gasteiger partial charge in [0.25, 0.3) is 5.91 Å². The Labute approximate surface area is 181 Å². The number of furan rings is 1. The molecule has 0 radical (unpaired) electrons. The predicted octanol–water partition coefficient (Wildman–Crippen LogP) is 7.06. The van der Waals surface area contributed by atoms with Crippen LogP contribution in [0.4, 0.5) is 0 Å². The molecule has 4 rings (SSSR count). The fourth-order valence-electron chi connectivity index (χ4n) is 3.20.